The van der Waals surface area contributed by atoms with E-state index in [0.717, 1.165) is 44.0 Å². The van der Waals surface area contributed by atoms with Crippen molar-refractivity contribution in [1.29, 1.82) is 0 Å². The first-order valence-electron chi connectivity index (χ1n) is 9.34. The van der Waals surface area contributed by atoms with Gasteiger partial charge in [-0.15, -0.1) is 0 Å². The molecule has 2 saturated heterocycles. The summed E-state index contributed by atoms with van der Waals surface area (Å²) in [5, 5.41) is 9.19. The van der Waals surface area contributed by atoms with Crippen molar-refractivity contribution in [2.45, 2.75) is 38.8 Å². The molecule has 3 rings (SSSR count). The van der Waals surface area contributed by atoms with E-state index in [1.165, 1.54) is 0 Å². The Kier molecular flexibility index (Phi) is 5.89. The van der Waals surface area contributed by atoms with E-state index in [1.54, 1.807) is 0 Å². The Labute approximate surface area is 164 Å². The summed E-state index contributed by atoms with van der Waals surface area (Å²) >= 11 is 6.23. The molecule has 3 N–H and O–H groups in total. The molecule has 1 atom stereocenters. The average Bonchev–Trinajstić information content (AvgIpc) is 2.93. The van der Waals surface area contributed by atoms with Gasteiger partial charge in [0.05, 0.1) is 6.54 Å². The van der Waals surface area contributed by atoms with E-state index in [9.17, 15) is 9.59 Å². The van der Waals surface area contributed by atoms with E-state index in [4.69, 9.17) is 16.6 Å². The lowest BCUT2D eigenvalue weighted by molar-refractivity contribution is -0.125. The molecule has 2 heterocycles. The number of likely N-dealkylation sites (tertiary alicyclic amines) is 1. The number of hydrogen-bond donors (Lipinski definition) is 3. The molecule has 3 amide bonds. The van der Waals surface area contributed by atoms with E-state index in [-0.39, 0.29) is 11.8 Å². The molecular formula is C19H26ClN5O2. The summed E-state index contributed by atoms with van der Waals surface area (Å²) in [6, 6.07) is 7.30. The van der Waals surface area contributed by atoms with E-state index < -0.39 is 11.6 Å². The molecule has 2 aliphatic heterocycles. The Bertz CT molecular complexity index is 745. The number of amides is 3. The molecule has 1 aromatic rings. The molecule has 7 nitrogen and oxygen atoms in total. The Morgan fingerprint density at radius 1 is 1.33 bits per heavy atom. The van der Waals surface area contributed by atoms with Gasteiger partial charge in [0, 0.05) is 24.7 Å². The molecular weight excluding hydrogens is 366 g/mol. The predicted octanol–water partition coefficient (Wildman–Crippen LogP) is 2.12. The first-order valence-corrected chi connectivity index (χ1v) is 9.72. The highest BCUT2D eigenvalue weighted by molar-refractivity contribution is 6.31. The minimum Gasteiger partial charge on any atom is -0.357 e. The van der Waals surface area contributed by atoms with Crippen LogP contribution in [0.5, 0.6) is 0 Å². The van der Waals surface area contributed by atoms with Gasteiger partial charge in [-0.05, 0) is 44.2 Å². The second-order valence-electron chi connectivity index (χ2n) is 7.13. The summed E-state index contributed by atoms with van der Waals surface area (Å²) in [6.45, 7) is 6.69. The lowest BCUT2D eigenvalue weighted by Gasteiger charge is -2.39. The van der Waals surface area contributed by atoms with Crippen LogP contribution in [-0.4, -0.2) is 48.0 Å². The van der Waals surface area contributed by atoms with Crippen LogP contribution in [0, 0.1) is 5.92 Å². The van der Waals surface area contributed by atoms with Crippen molar-refractivity contribution in [1.82, 2.24) is 20.9 Å². The lowest BCUT2D eigenvalue weighted by atomic mass is 9.79. The number of nitrogens with zero attached hydrogens (tertiary/aromatic N) is 2. The van der Waals surface area contributed by atoms with Gasteiger partial charge in [-0.2, -0.15) is 0 Å². The quantitative estimate of drug-likeness (QED) is 0.417. The molecule has 1 aromatic carbocycles. The third kappa shape index (κ3) is 4.18. The normalized spacial score (nSPS) is 24.0. The zero-order chi connectivity index (χ0) is 19.4. The van der Waals surface area contributed by atoms with Crippen LogP contribution >= 0.6 is 11.6 Å². The first-order chi connectivity index (χ1) is 12.9. The van der Waals surface area contributed by atoms with Gasteiger partial charge in [0.25, 0.3) is 5.91 Å². The highest BCUT2D eigenvalue weighted by Crippen LogP contribution is 2.30. The second kappa shape index (κ2) is 8.17. The van der Waals surface area contributed by atoms with Crippen LogP contribution in [0.25, 0.3) is 0 Å². The zero-order valence-corrected chi connectivity index (χ0v) is 16.5. The lowest BCUT2D eigenvalue weighted by Crippen LogP contribution is -2.55. The van der Waals surface area contributed by atoms with Crippen LogP contribution in [0.2, 0.25) is 5.02 Å². The Hall–Kier alpha value is -2.28. The van der Waals surface area contributed by atoms with Crippen LogP contribution in [-0.2, 0) is 11.3 Å². The van der Waals surface area contributed by atoms with Gasteiger partial charge in [0.1, 0.15) is 5.54 Å². The van der Waals surface area contributed by atoms with Gasteiger partial charge >= 0.3 is 6.03 Å². The van der Waals surface area contributed by atoms with Gasteiger partial charge in [-0.1, -0.05) is 29.8 Å². The molecule has 0 aromatic heterocycles. The summed E-state index contributed by atoms with van der Waals surface area (Å²) in [5.41, 5.74) is 0.165. The predicted molar refractivity (Wildman–Crippen MR) is 106 cm³/mol. The minimum absolute atomic E-state index is 0.103. The third-order valence-corrected chi connectivity index (χ3v) is 5.74. The number of guanidine groups is 1. The van der Waals surface area contributed by atoms with Gasteiger partial charge in [0.15, 0.2) is 5.96 Å². The van der Waals surface area contributed by atoms with Gasteiger partial charge in [-0.25, -0.2) is 9.79 Å². The van der Waals surface area contributed by atoms with E-state index >= 15 is 0 Å². The first kappa shape index (κ1) is 19.5. The molecule has 2 aliphatic rings. The van der Waals surface area contributed by atoms with Crippen molar-refractivity contribution in [3.63, 3.8) is 0 Å². The highest BCUT2D eigenvalue weighted by Gasteiger charge is 2.48. The summed E-state index contributed by atoms with van der Waals surface area (Å²) in [7, 11) is 0. The maximum Gasteiger partial charge on any atom is 0.322 e. The van der Waals surface area contributed by atoms with Gasteiger partial charge in [0.2, 0.25) is 0 Å². The number of imide groups is 1. The molecule has 2 fully saturated rings. The number of rotatable bonds is 4. The number of nitrogens with one attached hydrogen (secondary N) is 3. The summed E-state index contributed by atoms with van der Waals surface area (Å²) in [6.07, 6.45) is 1.61. The monoisotopic (exact) mass is 391 g/mol. The highest BCUT2D eigenvalue weighted by atomic mass is 35.5. The van der Waals surface area contributed by atoms with Gasteiger partial charge < -0.3 is 15.5 Å². The summed E-state index contributed by atoms with van der Waals surface area (Å²) < 4.78 is 0. The maximum absolute atomic E-state index is 12.2. The number of halogens is 1. The SMILES string of the molecule is CCNC(=NCc1ccccc1Cl)N1CCC(C2(C)NC(=O)NC2=O)CC1. The molecule has 0 saturated carbocycles. The molecule has 27 heavy (non-hydrogen) atoms. The third-order valence-electron chi connectivity index (χ3n) is 5.37. The van der Waals surface area contributed by atoms with Crippen molar-refractivity contribution in [3.05, 3.63) is 34.9 Å². The van der Waals surface area contributed by atoms with Crippen molar-refractivity contribution in [2.24, 2.45) is 10.9 Å². The molecule has 0 radical (unpaired) electrons. The molecule has 0 bridgehead atoms. The van der Waals surface area contributed by atoms with Crippen LogP contribution in [0.4, 0.5) is 4.79 Å². The number of piperidine rings is 1. The number of benzene rings is 1. The molecule has 8 heteroatoms. The Morgan fingerprint density at radius 3 is 2.63 bits per heavy atom. The van der Waals surface area contributed by atoms with Crippen molar-refractivity contribution < 1.29 is 9.59 Å². The fourth-order valence-electron chi connectivity index (χ4n) is 3.73. The zero-order valence-electron chi connectivity index (χ0n) is 15.7. The molecule has 1 unspecified atom stereocenters. The van der Waals surface area contributed by atoms with Crippen molar-refractivity contribution >= 4 is 29.5 Å². The average molecular weight is 392 g/mol. The van der Waals surface area contributed by atoms with Crippen LogP contribution in [0.15, 0.2) is 29.3 Å². The van der Waals surface area contributed by atoms with Crippen LogP contribution in [0.3, 0.4) is 0 Å². The fraction of sp³-hybridized carbons (Fsp3) is 0.526. The van der Waals surface area contributed by atoms with E-state index in [0.29, 0.717) is 11.6 Å². The Morgan fingerprint density at radius 2 is 2.04 bits per heavy atom. The second-order valence-corrected chi connectivity index (χ2v) is 7.54. The number of aliphatic imine (C=N–C) groups is 1. The topological polar surface area (TPSA) is 85.8 Å². The number of carbonyl (C=O) groups excluding carboxylic acids is 2. The Balaban J connectivity index is 1.65. The van der Waals surface area contributed by atoms with Gasteiger partial charge in [-0.3, -0.25) is 10.1 Å². The van der Waals surface area contributed by atoms with Crippen molar-refractivity contribution in [2.75, 3.05) is 19.6 Å². The van der Waals surface area contributed by atoms with Crippen LogP contribution < -0.4 is 16.0 Å². The molecule has 0 aliphatic carbocycles. The number of urea groups is 1. The fourth-order valence-corrected chi connectivity index (χ4v) is 3.92. The van der Waals surface area contributed by atoms with E-state index in [2.05, 4.69) is 20.9 Å². The minimum atomic E-state index is -0.823. The number of hydrogen-bond acceptors (Lipinski definition) is 3. The molecule has 146 valence electrons. The van der Waals surface area contributed by atoms with Crippen molar-refractivity contribution in [3.8, 4) is 0 Å². The summed E-state index contributed by atoms with van der Waals surface area (Å²) in [4.78, 5) is 30.6. The molecule has 0 spiro atoms. The van der Waals surface area contributed by atoms with Crippen LogP contribution in [0.1, 0.15) is 32.3 Å². The smallest absolute Gasteiger partial charge is 0.322 e. The largest absolute Gasteiger partial charge is 0.357 e. The maximum atomic E-state index is 12.2. The standard InChI is InChI=1S/C19H26ClN5O2/c1-3-21-17(22-12-13-6-4-5-7-15(13)20)25-10-8-14(9-11-25)19(2)16(26)23-18(27)24-19/h4-7,14H,3,8-12H2,1-2H3,(H,21,22)(H2,23,24,26,27). The summed E-state index contributed by atoms with van der Waals surface area (Å²) in [5.74, 6) is 0.720. The number of carbonyl (C=O) groups is 2. The van der Waals surface area contributed by atoms with E-state index in [1.807, 2.05) is 38.1 Å².